The van der Waals surface area contributed by atoms with Gasteiger partial charge in [0.1, 0.15) is 5.69 Å². The fraction of sp³-hybridized carbons (Fsp3) is 0.385. The average molecular weight is 274 g/mol. The largest absolute Gasteiger partial charge is 0.476 e. The van der Waals surface area contributed by atoms with Crippen molar-refractivity contribution >= 4 is 5.97 Å². The number of ether oxygens (including phenoxy) is 1. The summed E-state index contributed by atoms with van der Waals surface area (Å²) >= 11 is 0. The molecule has 1 aliphatic heterocycles. The first kappa shape index (κ1) is 12.7. The summed E-state index contributed by atoms with van der Waals surface area (Å²) < 4.78 is 7.16. The first-order valence-corrected chi connectivity index (χ1v) is 6.44. The van der Waals surface area contributed by atoms with Gasteiger partial charge in [-0.25, -0.2) is 9.48 Å². The third-order valence-electron chi connectivity index (χ3n) is 3.27. The number of aromatic nitrogens is 4. The van der Waals surface area contributed by atoms with Crippen LogP contribution in [-0.2, 0) is 11.3 Å². The molecule has 3 heterocycles. The predicted octanol–water partition coefficient (Wildman–Crippen LogP) is 1.22. The monoisotopic (exact) mass is 274 g/mol. The van der Waals surface area contributed by atoms with Crippen LogP contribution in [0.2, 0.25) is 0 Å². The summed E-state index contributed by atoms with van der Waals surface area (Å²) in [6.45, 7) is 1.25. The van der Waals surface area contributed by atoms with Crippen molar-refractivity contribution in [2.75, 3.05) is 6.61 Å². The van der Waals surface area contributed by atoms with Gasteiger partial charge in [-0.3, -0.25) is 4.98 Å². The molecule has 1 unspecified atom stereocenters. The van der Waals surface area contributed by atoms with Crippen molar-refractivity contribution in [3.8, 4) is 11.3 Å². The standard InChI is InChI=1S/C13H14N4O3/c18-13(19)11-12(9-3-1-5-14-7-9)17(16-15-11)8-10-4-2-6-20-10/h1,3,5,7,10H,2,4,6,8H2,(H,18,19). The van der Waals surface area contributed by atoms with E-state index in [1.54, 1.807) is 29.2 Å². The smallest absolute Gasteiger partial charge is 0.358 e. The number of hydrogen-bond donors (Lipinski definition) is 1. The molecule has 0 aliphatic carbocycles. The minimum atomic E-state index is -1.09. The highest BCUT2D eigenvalue weighted by Crippen LogP contribution is 2.23. The highest BCUT2D eigenvalue weighted by atomic mass is 16.5. The molecule has 0 bridgehead atoms. The van der Waals surface area contributed by atoms with Crippen LogP contribution in [0.15, 0.2) is 24.5 Å². The van der Waals surface area contributed by atoms with Crippen molar-refractivity contribution in [2.24, 2.45) is 0 Å². The number of pyridine rings is 1. The summed E-state index contributed by atoms with van der Waals surface area (Å²) in [7, 11) is 0. The Morgan fingerprint density at radius 3 is 3.10 bits per heavy atom. The zero-order chi connectivity index (χ0) is 13.9. The Balaban J connectivity index is 1.99. The fourth-order valence-corrected chi connectivity index (χ4v) is 2.35. The zero-order valence-electron chi connectivity index (χ0n) is 10.8. The molecule has 20 heavy (non-hydrogen) atoms. The van der Waals surface area contributed by atoms with Crippen LogP contribution in [-0.4, -0.2) is 43.8 Å². The van der Waals surface area contributed by atoms with E-state index in [-0.39, 0.29) is 11.8 Å². The van der Waals surface area contributed by atoms with E-state index in [0.29, 0.717) is 17.8 Å². The Morgan fingerprint density at radius 1 is 1.55 bits per heavy atom. The van der Waals surface area contributed by atoms with E-state index in [2.05, 4.69) is 15.3 Å². The van der Waals surface area contributed by atoms with Crippen LogP contribution in [0.4, 0.5) is 0 Å². The molecule has 1 saturated heterocycles. The minimum absolute atomic E-state index is 0.0593. The SMILES string of the molecule is O=C(O)c1nnn(CC2CCCO2)c1-c1cccnc1. The lowest BCUT2D eigenvalue weighted by Crippen LogP contribution is -2.17. The van der Waals surface area contributed by atoms with Gasteiger partial charge >= 0.3 is 5.97 Å². The molecule has 0 saturated carbocycles. The van der Waals surface area contributed by atoms with Crippen LogP contribution in [0.1, 0.15) is 23.3 Å². The summed E-state index contributed by atoms with van der Waals surface area (Å²) in [4.78, 5) is 15.3. The Kier molecular flexibility index (Phi) is 3.42. The molecule has 2 aromatic rings. The summed E-state index contributed by atoms with van der Waals surface area (Å²) in [6, 6.07) is 3.55. The minimum Gasteiger partial charge on any atom is -0.476 e. The van der Waals surface area contributed by atoms with Gasteiger partial charge in [0.15, 0.2) is 5.69 Å². The first-order chi connectivity index (χ1) is 9.75. The number of nitrogens with zero attached hydrogens (tertiary/aromatic N) is 4. The predicted molar refractivity (Wildman–Crippen MR) is 69.2 cm³/mol. The molecule has 0 spiro atoms. The van der Waals surface area contributed by atoms with E-state index in [0.717, 1.165) is 19.4 Å². The molecular formula is C13H14N4O3. The Bertz CT molecular complexity index is 605. The number of aromatic carboxylic acids is 1. The van der Waals surface area contributed by atoms with Crippen molar-refractivity contribution in [1.82, 2.24) is 20.0 Å². The van der Waals surface area contributed by atoms with Crippen molar-refractivity contribution in [3.05, 3.63) is 30.2 Å². The summed E-state index contributed by atoms with van der Waals surface area (Å²) in [5.41, 5.74) is 1.10. The van der Waals surface area contributed by atoms with Crippen molar-refractivity contribution < 1.29 is 14.6 Å². The molecule has 1 atom stereocenters. The number of hydrogen-bond acceptors (Lipinski definition) is 5. The van der Waals surface area contributed by atoms with Gasteiger partial charge in [-0.1, -0.05) is 5.21 Å². The molecule has 0 amide bonds. The van der Waals surface area contributed by atoms with E-state index in [4.69, 9.17) is 4.74 Å². The maximum absolute atomic E-state index is 11.3. The number of rotatable bonds is 4. The van der Waals surface area contributed by atoms with Gasteiger partial charge in [-0.05, 0) is 25.0 Å². The molecule has 2 aromatic heterocycles. The summed E-state index contributed by atoms with van der Waals surface area (Å²) in [5.74, 6) is -1.09. The second-order valence-corrected chi connectivity index (χ2v) is 4.65. The number of carboxylic acids is 1. The second kappa shape index (κ2) is 5.38. The van der Waals surface area contributed by atoms with Gasteiger partial charge in [0.25, 0.3) is 0 Å². The molecule has 3 rings (SSSR count). The lowest BCUT2D eigenvalue weighted by Gasteiger charge is -2.11. The average Bonchev–Trinajstić information content (AvgIpc) is 3.09. The lowest BCUT2D eigenvalue weighted by atomic mass is 10.1. The van der Waals surface area contributed by atoms with E-state index in [9.17, 15) is 9.90 Å². The zero-order valence-corrected chi connectivity index (χ0v) is 10.8. The van der Waals surface area contributed by atoms with E-state index in [1.807, 2.05) is 0 Å². The third kappa shape index (κ3) is 2.39. The van der Waals surface area contributed by atoms with Crippen LogP contribution in [0.25, 0.3) is 11.3 Å². The summed E-state index contributed by atoms with van der Waals surface area (Å²) in [6.07, 6.45) is 5.28. The molecule has 1 N–H and O–H groups in total. The topological polar surface area (TPSA) is 90.1 Å². The van der Waals surface area contributed by atoms with E-state index < -0.39 is 5.97 Å². The molecule has 7 heteroatoms. The second-order valence-electron chi connectivity index (χ2n) is 4.65. The van der Waals surface area contributed by atoms with Crippen LogP contribution in [0, 0.1) is 0 Å². The van der Waals surface area contributed by atoms with Gasteiger partial charge in [-0.2, -0.15) is 0 Å². The van der Waals surface area contributed by atoms with Crippen molar-refractivity contribution in [2.45, 2.75) is 25.5 Å². The Hall–Kier alpha value is -2.28. The molecular weight excluding hydrogens is 260 g/mol. The Morgan fingerprint density at radius 2 is 2.45 bits per heavy atom. The van der Waals surface area contributed by atoms with E-state index >= 15 is 0 Å². The lowest BCUT2D eigenvalue weighted by molar-refractivity contribution is 0.0691. The van der Waals surface area contributed by atoms with E-state index in [1.165, 1.54) is 0 Å². The molecule has 1 aliphatic rings. The van der Waals surface area contributed by atoms with Crippen LogP contribution in [0.3, 0.4) is 0 Å². The third-order valence-corrected chi connectivity index (χ3v) is 3.27. The normalized spacial score (nSPS) is 18.3. The first-order valence-electron chi connectivity index (χ1n) is 6.44. The highest BCUT2D eigenvalue weighted by molar-refractivity contribution is 5.92. The van der Waals surface area contributed by atoms with Crippen molar-refractivity contribution in [3.63, 3.8) is 0 Å². The maximum atomic E-state index is 11.3. The summed E-state index contributed by atoms with van der Waals surface area (Å²) in [5, 5.41) is 17.0. The maximum Gasteiger partial charge on any atom is 0.358 e. The molecule has 0 radical (unpaired) electrons. The molecule has 7 nitrogen and oxygen atoms in total. The van der Waals surface area contributed by atoms with Crippen LogP contribution < -0.4 is 0 Å². The van der Waals surface area contributed by atoms with Gasteiger partial charge in [0, 0.05) is 24.6 Å². The molecule has 1 fully saturated rings. The Labute approximate surface area is 115 Å². The van der Waals surface area contributed by atoms with Gasteiger partial charge in [-0.15, -0.1) is 5.10 Å². The fourth-order valence-electron chi connectivity index (χ4n) is 2.35. The number of carbonyl (C=O) groups is 1. The van der Waals surface area contributed by atoms with Crippen LogP contribution >= 0.6 is 0 Å². The van der Waals surface area contributed by atoms with Crippen LogP contribution in [0.5, 0.6) is 0 Å². The highest BCUT2D eigenvalue weighted by Gasteiger charge is 2.24. The van der Waals surface area contributed by atoms with Gasteiger partial charge in [0.05, 0.1) is 12.6 Å². The van der Waals surface area contributed by atoms with Gasteiger partial charge in [0.2, 0.25) is 0 Å². The quantitative estimate of drug-likeness (QED) is 0.901. The molecule has 0 aromatic carbocycles. The molecule has 104 valence electrons. The van der Waals surface area contributed by atoms with Gasteiger partial charge < -0.3 is 9.84 Å². The van der Waals surface area contributed by atoms with Crippen molar-refractivity contribution in [1.29, 1.82) is 0 Å². The number of carboxylic acid groups (broad SMARTS) is 1.